The molecule has 3 aromatic carbocycles. The Kier molecular flexibility index (Phi) is 9.68. The number of amides is 1. The lowest BCUT2D eigenvalue weighted by molar-refractivity contribution is 0.0507. The molecule has 0 saturated heterocycles. The van der Waals surface area contributed by atoms with E-state index >= 15 is 0 Å². The molecule has 2 aromatic heterocycles. The van der Waals surface area contributed by atoms with Crippen LogP contribution in [0, 0.1) is 6.92 Å². The summed E-state index contributed by atoms with van der Waals surface area (Å²) in [6.45, 7) is 13.4. The van der Waals surface area contributed by atoms with Gasteiger partial charge in [0.25, 0.3) is 5.91 Å². The van der Waals surface area contributed by atoms with Gasteiger partial charge < -0.3 is 14.8 Å². The lowest BCUT2D eigenvalue weighted by Crippen LogP contribution is -2.16. The van der Waals surface area contributed by atoms with Gasteiger partial charge >= 0.3 is 5.97 Å². The van der Waals surface area contributed by atoms with Crippen LogP contribution in [0.2, 0.25) is 0 Å². The molecule has 0 saturated carbocycles. The number of pyridine rings is 1. The number of esters is 1. The van der Waals surface area contributed by atoms with Crippen LogP contribution in [0.1, 0.15) is 78.6 Å². The quantitative estimate of drug-likeness (QED) is 0.157. The topological polar surface area (TPSA) is 77.5 Å². The van der Waals surface area contributed by atoms with Crippen molar-refractivity contribution in [3.8, 4) is 28.1 Å². The first-order valence-corrected chi connectivity index (χ1v) is 16.3. The van der Waals surface area contributed by atoms with E-state index in [0.717, 1.165) is 39.1 Å². The van der Waals surface area contributed by atoms with E-state index in [1.165, 1.54) is 16.9 Å². The third-order valence-corrected chi connectivity index (χ3v) is 8.58. The molecule has 0 radical (unpaired) electrons. The Morgan fingerprint density at radius 2 is 1.60 bits per heavy atom. The molecular formula is C38H40N2O4S. The Balaban J connectivity index is 1.57. The van der Waals surface area contributed by atoms with Crippen molar-refractivity contribution in [3.05, 3.63) is 100 Å². The Bertz CT molecular complexity index is 1830. The summed E-state index contributed by atoms with van der Waals surface area (Å²) in [6.07, 6.45) is 1.60. The molecule has 6 nitrogen and oxygen atoms in total. The van der Waals surface area contributed by atoms with Gasteiger partial charge in [-0.1, -0.05) is 89.2 Å². The molecule has 5 rings (SSSR count). The van der Waals surface area contributed by atoms with Crippen LogP contribution in [0.25, 0.3) is 33.3 Å². The number of fused-ring (bicyclic) bond motifs is 1. The Morgan fingerprint density at radius 3 is 2.31 bits per heavy atom. The number of carbonyl (C=O) groups is 2. The number of nitrogens with one attached hydrogen (secondary N) is 1. The van der Waals surface area contributed by atoms with Crippen LogP contribution in [-0.2, 0) is 10.2 Å². The zero-order chi connectivity index (χ0) is 32.1. The minimum Gasteiger partial charge on any atom is -0.494 e. The highest BCUT2D eigenvalue weighted by Crippen LogP contribution is 2.41. The SMILES string of the molecule is CCCOC(=O)c1c(NC(=O)c2cc(-c3cccc(OCCC)c3)nc3ccccc23)sc(C)c1-c1ccc(C(C)(C)C)cc1. The molecule has 0 spiro atoms. The molecule has 1 amide bonds. The fraction of sp³-hybridized carbons (Fsp3) is 0.289. The first-order valence-electron chi connectivity index (χ1n) is 15.5. The van der Waals surface area contributed by atoms with Crippen molar-refractivity contribution in [1.29, 1.82) is 0 Å². The van der Waals surface area contributed by atoms with E-state index in [1.807, 2.05) is 74.5 Å². The van der Waals surface area contributed by atoms with Gasteiger partial charge in [0.2, 0.25) is 0 Å². The maximum absolute atomic E-state index is 14.1. The van der Waals surface area contributed by atoms with Crippen LogP contribution in [0.3, 0.4) is 0 Å². The summed E-state index contributed by atoms with van der Waals surface area (Å²) in [5.41, 5.74) is 5.93. The molecular weight excluding hydrogens is 580 g/mol. The summed E-state index contributed by atoms with van der Waals surface area (Å²) in [7, 11) is 0. The minimum atomic E-state index is -0.449. The number of anilines is 1. The predicted molar refractivity (Wildman–Crippen MR) is 185 cm³/mol. The number of carbonyl (C=O) groups excluding carboxylic acids is 2. The summed E-state index contributed by atoms with van der Waals surface area (Å²) in [5, 5.41) is 4.27. The zero-order valence-corrected chi connectivity index (χ0v) is 27.6. The van der Waals surface area contributed by atoms with Crippen molar-refractivity contribution in [3.63, 3.8) is 0 Å². The van der Waals surface area contributed by atoms with Crippen LogP contribution < -0.4 is 10.1 Å². The van der Waals surface area contributed by atoms with Gasteiger partial charge in [0, 0.05) is 21.4 Å². The molecule has 232 valence electrons. The van der Waals surface area contributed by atoms with Crippen molar-refractivity contribution in [2.24, 2.45) is 0 Å². The second kappa shape index (κ2) is 13.7. The molecule has 0 fully saturated rings. The zero-order valence-electron chi connectivity index (χ0n) is 26.8. The van der Waals surface area contributed by atoms with Gasteiger partial charge in [-0.15, -0.1) is 11.3 Å². The van der Waals surface area contributed by atoms with Crippen LogP contribution in [-0.4, -0.2) is 30.1 Å². The largest absolute Gasteiger partial charge is 0.494 e. The molecule has 2 heterocycles. The molecule has 0 bridgehead atoms. The third-order valence-electron chi connectivity index (χ3n) is 7.56. The highest BCUT2D eigenvalue weighted by Gasteiger charge is 2.27. The predicted octanol–water partition coefficient (Wildman–Crippen LogP) is 9.84. The molecule has 0 aliphatic heterocycles. The summed E-state index contributed by atoms with van der Waals surface area (Å²) in [6, 6.07) is 25.4. The second-order valence-electron chi connectivity index (χ2n) is 12.1. The van der Waals surface area contributed by atoms with E-state index in [-0.39, 0.29) is 11.3 Å². The highest BCUT2D eigenvalue weighted by molar-refractivity contribution is 7.17. The maximum Gasteiger partial charge on any atom is 0.341 e. The van der Waals surface area contributed by atoms with Crippen LogP contribution >= 0.6 is 11.3 Å². The lowest BCUT2D eigenvalue weighted by Gasteiger charge is -2.19. The normalized spacial score (nSPS) is 11.4. The first-order chi connectivity index (χ1) is 21.6. The molecule has 5 aromatic rings. The monoisotopic (exact) mass is 620 g/mol. The van der Waals surface area contributed by atoms with Gasteiger partial charge in [0.1, 0.15) is 16.3 Å². The number of para-hydroxylation sites is 1. The Labute approximate surface area is 269 Å². The second-order valence-corrected chi connectivity index (χ2v) is 13.3. The van der Waals surface area contributed by atoms with Crippen LogP contribution in [0.4, 0.5) is 5.00 Å². The number of benzene rings is 3. The van der Waals surface area contributed by atoms with E-state index < -0.39 is 5.97 Å². The van der Waals surface area contributed by atoms with Gasteiger partial charge in [0.15, 0.2) is 0 Å². The van der Waals surface area contributed by atoms with Gasteiger partial charge in [-0.25, -0.2) is 9.78 Å². The van der Waals surface area contributed by atoms with Crippen molar-refractivity contribution >= 4 is 39.1 Å². The summed E-state index contributed by atoms with van der Waals surface area (Å²) in [4.78, 5) is 33.4. The fourth-order valence-electron chi connectivity index (χ4n) is 5.23. The van der Waals surface area contributed by atoms with Gasteiger partial charge in [-0.3, -0.25) is 4.79 Å². The number of thiophene rings is 1. The number of rotatable bonds is 10. The summed E-state index contributed by atoms with van der Waals surface area (Å²) < 4.78 is 11.5. The van der Waals surface area contributed by atoms with E-state index in [4.69, 9.17) is 14.5 Å². The molecule has 0 unspecified atom stereocenters. The average molecular weight is 621 g/mol. The number of hydrogen-bond donors (Lipinski definition) is 1. The van der Waals surface area contributed by atoms with Crippen molar-refractivity contribution in [2.45, 2.75) is 59.8 Å². The molecule has 0 aliphatic carbocycles. The van der Waals surface area contributed by atoms with Crippen molar-refractivity contribution in [1.82, 2.24) is 4.98 Å². The highest BCUT2D eigenvalue weighted by atomic mass is 32.1. The van der Waals surface area contributed by atoms with Crippen molar-refractivity contribution in [2.75, 3.05) is 18.5 Å². The maximum atomic E-state index is 14.1. The smallest absolute Gasteiger partial charge is 0.341 e. The summed E-state index contributed by atoms with van der Waals surface area (Å²) >= 11 is 1.38. The van der Waals surface area contributed by atoms with Crippen LogP contribution in [0.15, 0.2) is 78.9 Å². The molecule has 7 heteroatoms. The van der Waals surface area contributed by atoms with E-state index in [0.29, 0.717) is 47.0 Å². The number of hydrogen-bond acceptors (Lipinski definition) is 6. The Hall–Kier alpha value is -4.49. The molecule has 45 heavy (non-hydrogen) atoms. The van der Waals surface area contributed by atoms with Gasteiger partial charge in [0.05, 0.1) is 30.0 Å². The third kappa shape index (κ3) is 7.10. The average Bonchev–Trinajstić information content (AvgIpc) is 3.36. The number of nitrogens with zero attached hydrogens (tertiary/aromatic N) is 1. The lowest BCUT2D eigenvalue weighted by atomic mass is 9.86. The van der Waals surface area contributed by atoms with Crippen molar-refractivity contribution < 1.29 is 19.1 Å². The Morgan fingerprint density at radius 1 is 0.867 bits per heavy atom. The molecule has 0 aliphatic rings. The number of ether oxygens (including phenoxy) is 2. The number of aryl methyl sites for hydroxylation is 1. The molecule has 0 atom stereocenters. The van der Waals surface area contributed by atoms with Crippen LogP contribution in [0.5, 0.6) is 5.75 Å². The van der Waals surface area contributed by atoms with Gasteiger partial charge in [-0.05, 0) is 60.6 Å². The van der Waals surface area contributed by atoms with E-state index in [9.17, 15) is 9.59 Å². The number of aromatic nitrogens is 1. The van der Waals surface area contributed by atoms with E-state index in [1.54, 1.807) is 6.07 Å². The first kappa shape index (κ1) is 31.9. The molecule has 1 N–H and O–H groups in total. The van der Waals surface area contributed by atoms with E-state index in [2.05, 4.69) is 45.1 Å². The fourth-order valence-corrected chi connectivity index (χ4v) is 6.28. The van der Waals surface area contributed by atoms with Gasteiger partial charge in [-0.2, -0.15) is 0 Å². The minimum absolute atomic E-state index is 0.000257. The summed E-state index contributed by atoms with van der Waals surface area (Å²) in [5.74, 6) is -0.0214. The standard InChI is InChI=1S/C38H40N2O4S/c1-7-20-43-28-13-11-12-26(22-28)32-23-30(29-14-9-10-15-31(29)39-32)35(41)40-36-34(37(42)44-21-8-2)33(24(3)45-36)25-16-18-27(19-17-25)38(4,5)6/h9-19,22-23H,7-8,20-21H2,1-6H3,(H,40,41).